The van der Waals surface area contributed by atoms with Gasteiger partial charge in [0, 0.05) is 0 Å². The molecule has 5 heteroatoms. The number of carbonyl (C=O) groups excluding carboxylic acids is 2. The van der Waals surface area contributed by atoms with E-state index in [0.717, 1.165) is 7.11 Å². The van der Waals surface area contributed by atoms with Gasteiger partial charge < -0.3 is 4.74 Å². The fourth-order valence-corrected chi connectivity index (χ4v) is 1.13. The van der Waals surface area contributed by atoms with E-state index in [1.807, 2.05) is 0 Å². The molecule has 1 rings (SSSR count). The van der Waals surface area contributed by atoms with Crippen LogP contribution in [0.15, 0.2) is 12.1 Å². The van der Waals surface area contributed by atoms with E-state index in [0.29, 0.717) is 0 Å². The molecule has 14 heavy (non-hydrogen) atoms. The number of esters is 1. The second-order valence-corrected chi connectivity index (χ2v) is 2.84. The lowest BCUT2D eigenvalue weighted by Crippen LogP contribution is -2.07. The molecule has 74 valence electrons. The molecular formula is C9H6ClFO3. The van der Waals surface area contributed by atoms with Gasteiger partial charge in [-0.2, -0.15) is 0 Å². The van der Waals surface area contributed by atoms with Crippen LogP contribution in [0.25, 0.3) is 0 Å². The van der Waals surface area contributed by atoms with E-state index in [1.165, 1.54) is 12.1 Å². The molecule has 0 aromatic heterocycles. The minimum atomic E-state index is -0.912. The van der Waals surface area contributed by atoms with Crippen LogP contribution in [-0.2, 0) is 4.74 Å². The molecule has 0 N–H and O–H groups in total. The van der Waals surface area contributed by atoms with Gasteiger partial charge in [0.1, 0.15) is 0 Å². The van der Waals surface area contributed by atoms with Crippen LogP contribution in [0.1, 0.15) is 20.7 Å². The Morgan fingerprint density at radius 3 is 2.71 bits per heavy atom. The molecule has 0 spiro atoms. The van der Waals surface area contributed by atoms with E-state index in [2.05, 4.69) is 4.74 Å². The zero-order valence-electron chi connectivity index (χ0n) is 7.21. The Morgan fingerprint density at radius 2 is 2.21 bits per heavy atom. The van der Waals surface area contributed by atoms with Crippen molar-refractivity contribution in [1.29, 1.82) is 0 Å². The average Bonchev–Trinajstić information content (AvgIpc) is 2.20. The SMILES string of the molecule is COC(=O)c1ccc(Cl)c(F)c1C=O. The van der Waals surface area contributed by atoms with Gasteiger partial charge in [0.25, 0.3) is 0 Å². The van der Waals surface area contributed by atoms with Crippen molar-refractivity contribution in [1.82, 2.24) is 0 Å². The van der Waals surface area contributed by atoms with Crippen molar-refractivity contribution in [2.24, 2.45) is 0 Å². The number of hydrogen-bond acceptors (Lipinski definition) is 3. The predicted octanol–water partition coefficient (Wildman–Crippen LogP) is 2.08. The Bertz CT molecular complexity index is 390. The average molecular weight is 217 g/mol. The number of rotatable bonds is 2. The highest BCUT2D eigenvalue weighted by Crippen LogP contribution is 2.20. The van der Waals surface area contributed by atoms with Gasteiger partial charge in [-0.25, -0.2) is 9.18 Å². The summed E-state index contributed by atoms with van der Waals surface area (Å²) in [4.78, 5) is 21.6. The van der Waals surface area contributed by atoms with Crippen LogP contribution in [0.2, 0.25) is 5.02 Å². The maximum absolute atomic E-state index is 13.2. The normalized spacial score (nSPS) is 9.64. The lowest BCUT2D eigenvalue weighted by Gasteiger charge is -2.04. The van der Waals surface area contributed by atoms with Gasteiger partial charge in [0.2, 0.25) is 0 Å². The Balaban J connectivity index is 3.38. The minimum Gasteiger partial charge on any atom is -0.465 e. The van der Waals surface area contributed by atoms with Gasteiger partial charge in [-0.15, -0.1) is 0 Å². The summed E-state index contributed by atoms with van der Waals surface area (Å²) in [5.74, 6) is -1.69. The minimum absolute atomic E-state index is 0.135. The Morgan fingerprint density at radius 1 is 1.57 bits per heavy atom. The number of methoxy groups -OCH3 is 1. The van der Waals surface area contributed by atoms with Crippen LogP contribution in [0.5, 0.6) is 0 Å². The second kappa shape index (κ2) is 4.19. The van der Waals surface area contributed by atoms with Crippen molar-refractivity contribution in [3.63, 3.8) is 0 Å². The van der Waals surface area contributed by atoms with Crippen molar-refractivity contribution in [2.75, 3.05) is 7.11 Å². The van der Waals surface area contributed by atoms with E-state index < -0.39 is 11.8 Å². The number of hydrogen-bond donors (Lipinski definition) is 0. The maximum atomic E-state index is 13.2. The molecule has 3 nitrogen and oxygen atoms in total. The van der Waals surface area contributed by atoms with Crippen LogP contribution in [0, 0.1) is 5.82 Å². The molecule has 0 unspecified atom stereocenters. The largest absolute Gasteiger partial charge is 0.465 e. The lowest BCUT2D eigenvalue weighted by molar-refractivity contribution is 0.0597. The van der Waals surface area contributed by atoms with Crippen molar-refractivity contribution < 1.29 is 18.7 Å². The van der Waals surface area contributed by atoms with Crippen molar-refractivity contribution >= 4 is 23.9 Å². The first-order chi connectivity index (χ1) is 6.61. The number of ether oxygens (including phenoxy) is 1. The molecule has 0 atom stereocenters. The molecule has 0 aliphatic heterocycles. The van der Waals surface area contributed by atoms with Crippen LogP contribution in [0.4, 0.5) is 4.39 Å². The summed E-state index contributed by atoms with van der Waals surface area (Å²) in [6.07, 6.45) is 0.230. The molecular weight excluding hydrogens is 211 g/mol. The van der Waals surface area contributed by atoms with Crippen molar-refractivity contribution in [3.8, 4) is 0 Å². The molecule has 0 aliphatic rings. The first-order valence-corrected chi connectivity index (χ1v) is 4.01. The molecule has 0 saturated heterocycles. The summed E-state index contributed by atoms with van der Waals surface area (Å²) in [6, 6.07) is 2.43. The highest BCUT2D eigenvalue weighted by atomic mass is 35.5. The fourth-order valence-electron chi connectivity index (χ4n) is 0.969. The zero-order chi connectivity index (χ0) is 10.7. The Hall–Kier alpha value is -1.42. The molecule has 0 bridgehead atoms. The van der Waals surface area contributed by atoms with Crippen LogP contribution in [0.3, 0.4) is 0 Å². The third-order valence-corrected chi connectivity index (χ3v) is 1.95. The standard InChI is InChI=1S/C9H6ClFO3/c1-14-9(13)5-2-3-7(10)8(11)6(5)4-12/h2-4H,1H3. The first-order valence-electron chi connectivity index (χ1n) is 3.63. The smallest absolute Gasteiger partial charge is 0.338 e. The molecule has 1 aromatic carbocycles. The second-order valence-electron chi connectivity index (χ2n) is 2.43. The fraction of sp³-hybridized carbons (Fsp3) is 0.111. The molecule has 0 fully saturated rings. The monoisotopic (exact) mass is 216 g/mol. The zero-order valence-corrected chi connectivity index (χ0v) is 7.97. The van der Waals surface area contributed by atoms with Gasteiger partial charge in [-0.05, 0) is 12.1 Å². The first kappa shape index (κ1) is 10.7. The summed E-state index contributed by atoms with van der Waals surface area (Å²) in [5.41, 5.74) is -0.520. The van der Waals surface area contributed by atoms with Crippen LogP contribution < -0.4 is 0 Å². The topological polar surface area (TPSA) is 43.4 Å². The number of benzene rings is 1. The van der Waals surface area contributed by atoms with Crippen LogP contribution in [-0.4, -0.2) is 19.4 Å². The van der Waals surface area contributed by atoms with Gasteiger partial charge in [-0.1, -0.05) is 11.6 Å². The number of halogens is 2. The summed E-state index contributed by atoms with van der Waals surface area (Å²) >= 11 is 5.43. The van der Waals surface area contributed by atoms with E-state index in [9.17, 15) is 14.0 Å². The predicted molar refractivity (Wildman–Crippen MR) is 48.1 cm³/mol. The molecule has 0 saturated carbocycles. The quantitative estimate of drug-likeness (QED) is 0.562. The van der Waals surface area contributed by atoms with Crippen molar-refractivity contribution in [3.05, 3.63) is 34.1 Å². The van der Waals surface area contributed by atoms with E-state index in [4.69, 9.17) is 11.6 Å². The molecule has 0 heterocycles. The summed E-state index contributed by atoms with van der Waals surface area (Å²) in [7, 11) is 1.14. The highest BCUT2D eigenvalue weighted by Gasteiger charge is 2.17. The maximum Gasteiger partial charge on any atom is 0.338 e. The number of carbonyl (C=O) groups is 2. The Kier molecular flexibility index (Phi) is 3.19. The molecule has 0 aliphatic carbocycles. The summed E-state index contributed by atoms with van der Waals surface area (Å²) in [5, 5.41) is -0.209. The van der Waals surface area contributed by atoms with E-state index >= 15 is 0 Å². The Labute approximate surface area is 84.4 Å². The van der Waals surface area contributed by atoms with E-state index in [-0.39, 0.29) is 22.4 Å². The molecule has 0 radical (unpaired) electrons. The third kappa shape index (κ3) is 1.75. The van der Waals surface area contributed by atoms with Crippen molar-refractivity contribution in [2.45, 2.75) is 0 Å². The third-order valence-electron chi connectivity index (χ3n) is 1.66. The van der Waals surface area contributed by atoms with Gasteiger partial charge >= 0.3 is 5.97 Å². The van der Waals surface area contributed by atoms with Gasteiger partial charge in [0.05, 0.1) is 23.3 Å². The van der Waals surface area contributed by atoms with Gasteiger partial charge in [0.15, 0.2) is 12.1 Å². The molecule has 1 aromatic rings. The summed E-state index contributed by atoms with van der Waals surface area (Å²) < 4.78 is 17.6. The van der Waals surface area contributed by atoms with Crippen LogP contribution >= 0.6 is 11.6 Å². The highest BCUT2D eigenvalue weighted by molar-refractivity contribution is 6.31. The summed E-state index contributed by atoms with van der Waals surface area (Å²) in [6.45, 7) is 0. The lowest BCUT2D eigenvalue weighted by atomic mass is 10.1. The molecule has 0 amide bonds. The van der Waals surface area contributed by atoms with Gasteiger partial charge in [-0.3, -0.25) is 4.79 Å². The number of aldehydes is 1. The van der Waals surface area contributed by atoms with E-state index in [1.54, 1.807) is 0 Å².